The van der Waals surface area contributed by atoms with Crippen molar-refractivity contribution in [2.24, 2.45) is 5.14 Å². The fraction of sp³-hybridized carbons (Fsp3) is 0.588. The van der Waals surface area contributed by atoms with Gasteiger partial charge >= 0.3 is 6.09 Å². The van der Waals surface area contributed by atoms with Crippen LogP contribution >= 0.6 is 0 Å². The lowest BCUT2D eigenvalue weighted by molar-refractivity contribution is 0.0256. The average molecular weight is 369 g/mol. The second-order valence-electron chi connectivity index (χ2n) is 7.31. The Labute approximate surface area is 149 Å². The van der Waals surface area contributed by atoms with E-state index >= 15 is 0 Å². The molecular formula is C17H27N3O4S. The fourth-order valence-corrected chi connectivity index (χ4v) is 3.24. The highest BCUT2D eigenvalue weighted by Gasteiger charge is 2.25. The summed E-state index contributed by atoms with van der Waals surface area (Å²) in [6.07, 6.45) is 2.34. The van der Waals surface area contributed by atoms with Crippen molar-refractivity contribution in [3.63, 3.8) is 0 Å². The number of anilines is 1. The summed E-state index contributed by atoms with van der Waals surface area (Å²) in [7, 11) is -3.68. The number of nitrogens with two attached hydrogens (primary N) is 1. The van der Waals surface area contributed by atoms with E-state index < -0.39 is 15.6 Å². The number of carbonyl (C=O) groups is 1. The number of likely N-dealkylation sites (tertiary alicyclic amines) is 1. The highest BCUT2D eigenvalue weighted by molar-refractivity contribution is 7.89. The molecule has 3 N–H and O–H groups in total. The molecule has 1 atom stereocenters. The average Bonchev–Trinajstić information content (AvgIpc) is 2.71. The van der Waals surface area contributed by atoms with E-state index in [1.807, 2.05) is 20.8 Å². The van der Waals surface area contributed by atoms with Crippen molar-refractivity contribution in [3.8, 4) is 0 Å². The van der Waals surface area contributed by atoms with Gasteiger partial charge in [0.05, 0.1) is 4.90 Å². The third kappa shape index (κ3) is 6.21. The smallest absolute Gasteiger partial charge is 0.410 e. The third-order valence-electron chi connectivity index (χ3n) is 3.93. The Balaban J connectivity index is 1.92. The van der Waals surface area contributed by atoms with Gasteiger partial charge in [-0.1, -0.05) is 0 Å². The molecule has 1 amide bonds. The minimum Gasteiger partial charge on any atom is -0.444 e. The molecule has 1 unspecified atom stereocenters. The van der Waals surface area contributed by atoms with Crippen molar-refractivity contribution < 1.29 is 17.9 Å². The first-order valence-electron chi connectivity index (χ1n) is 8.42. The molecule has 140 valence electrons. The fourth-order valence-electron chi connectivity index (χ4n) is 2.73. The van der Waals surface area contributed by atoms with Crippen LogP contribution in [0.4, 0.5) is 10.5 Å². The van der Waals surface area contributed by atoms with E-state index in [0.717, 1.165) is 24.9 Å². The van der Waals surface area contributed by atoms with Gasteiger partial charge in [0.1, 0.15) is 5.60 Å². The van der Waals surface area contributed by atoms with Crippen LogP contribution in [0.15, 0.2) is 29.2 Å². The molecule has 1 heterocycles. The van der Waals surface area contributed by atoms with E-state index in [4.69, 9.17) is 9.88 Å². The highest BCUT2D eigenvalue weighted by atomic mass is 32.2. The molecule has 1 fully saturated rings. The molecule has 0 aliphatic carbocycles. The molecule has 1 aliphatic heterocycles. The first-order valence-corrected chi connectivity index (χ1v) is 9.96. The second kappa shape index (κ2) is 7.61. The van der Waals surface area contributed by atoms with Gasteiger partial charge in [0.25, 0.3) is 0 Å². The predicted molar refractivity (Wildman–Crippen MR) is 96.9 cm³/mol. The van der Waals surface area contributed by atoms with Gasteiger partial charge in [0, 0.05) is 24.8 Å². The summed E-state index contributed by atoms with van der Waals surface area (Å²) in [5, 5.41) is 8.49. The monoisotopic (exact) mass is 369 g/mol. The van der Waals surface area contributed by atoms with Crippen LogP contribution in [-0.4, -0.2) is 44.1 Å². The minimum atomic E-state index is -3.68. The summed E-state index contributed by atoms with van der Waals surface area (Å²) in [4.78, 5) is 14.0. The first kappa shape index (κ1) is 19.5. The number of hydrogen-bond donors (Lipinski definition) is 2. The molecule has 1 aromatic carbocycles. The van der Waals surface area contributed by atoms with Crippen molar-refractivity contribution in [2.75, 3.05) is 18.4 Å². The van der Waals surface area contributed by atoms with E-state index in [1.165, 1.54) is 12.1 Å². The number of nitrogens with zero attached hydrogens (tertiary/aromatic N) is 1. The van der Waals surface area contributed by atoms with Crippen LogP contribution in [0.1, 0.15) is 40.0 Å². The number of sulfonamides is 1. The van der Waals surface area contributed by atoms with Crippen LogP contribution < -0.4 is 10.5 Å². The lowest BCUT2D eigenvalue weighted by Gasteiger charge is -2.26. The Morgan fingerprint density at radius 1 is 1.20 bits per heavy atom. The quantitative estimate of drug-likeness (QED) is 0.852. The number of nitrogens with one attached hydrogen (secondary N) is 1. The molecule has 0 saturated carbocycles. The Morgan fingerprint density at radius 2 is 1.84 bits per heavy atom. The van der Waals surface area contributed by atoms with Crippen molar-refractivity contribution in [2.45, 2.75) is 56.6 Å². The van der Waals surface area contributed by atoms with Gasteiger partial charge in [-0.15, -0.1) is 0 Å². The Morgan fingerprint density at radius 3 is 2.40 bits per heavy atom. The summed E-state index contributed by atoms with van der Waals surface area (Å²) < 4.78 is 28.0. The molecule has 0 aromatic heterocycles. The van der Waals surface area contributed by atoms with E-state index in [0.29, 0.717) is 13.1 Å². The molecule has 0 spiro atoms. The van der Waals surface area contributed by atoms with E-state index in [9.17, 15) is 13.2 Å². The number of primary sulfonamides is 1. The standard InChI is InChI=1S/C17H27N3O4S/c1-17(2,3)24-16(21)20-11-4-5-13(10-12-20)19-14-6-8-15(9-7-14)25(18,22)23/h6-9,13,19H,4-5,10-12H2,1-3H3,(H2,18,22,23). The summed E-state index contributed by atoms with van der Waals surface area (Å²) >= 11 is 0. The highest BCUT2D eigenvalue weighted by Crippen LogP contribution is 2.20. The van der Waals surface area contributed by atoms with Gasteiger partial charge < -0.3 is 15.0 Å². The lowest BCUT2D eigenvalue weighted by Crippen LogP contribution is -2.37. The van der Waals surface area contributed by atoms with Gasteiger partial charge in [0.2, 0.25) is 10.0 Å². The van der Waals surface area contributed by atoms with Gasteiger partial charge in [0.15, 0.2) is 0 Å². The molecule has 8 heteroatoms. The summed E-state index contributed by atoms with van der Waals surface area (Å²) in [6.45, 7) is 6.88. The third-order valence-corrected chi connectivity index (χ3v) is 4.86. The summed E-state index contributed by atoms with van der Waals surface area (Å²) in [6, 6.07) is 6.60. The van der Waals surface area contributed by atoms with Gasteiger partial charge in [-0.25, -0.2) is 18.4 Å². The number of hydrogen-bond acceptors (Lipinski definition) is 5. The number of ether oxygens (including phenoxy) is 1. The van der Waals surface area contributed by atoms with Crippen LogP contribution in [-0.2, 0) is 14.8 Å². The molecule has 7 nitrogen and oxygen atoms in total. The molecule has 0 radical (unpaired) electrons. The van der Waals surface area contributed by atoms with Crippen LogP contribution in [0, 0.1) is 0 Å². The molecular weight excluding hydrogens is 342 g/mol. The summed E-state index contributed by atoms with van der Waals surface area (Å²) in [5.41, 5.74) is 0.342. The first-order chi connectivity index (χ1) is 11.5. The van der Waals surface area contributed by atoms with Gasteiger partial charge in [-0.3, -0.25) is 0 Å². The van der Waals surface area contributed by atoms with Crippen LogP contribution in [0.3, 0.4) is 0 Å². The van der Waals surface area contributed by atoms with Crippen molar-refractivity contribution in [3.05, 3.63) is 24.3 Å². The van der Waals surface area contributed by atoms with Crippen LogP contribution in [0.25, 0.3) is 0 Å². The number of benzene rings is 1. The van der Waals surface area contributed by atoms with E-state index in [-0.39, 0.29) is 17.0 Å². The zero-order valence-electron chi connectivity index (χ0n) is 15.0. The normalized spacial score (nSPS) is 19.2. The van der Waals surface area contributed by atoms with Crippen LogP contribution in [0.5, 0.6) is 0 Å². The van der Waals surface area contributed by atoms with Gasteiger partial charge in [-0.2, -0.15) is 0 Å². The molecule has 1 aromatic rings. The maximum atomic E-state index is 12.2. The predicted octanol–water partition coefficient (Wildman–Crippen LogP) is 2.54. The SMILES string of the molecule is CC(C)(C)OC(=O)N1CCCC(Nc2ccc(S(N)(=O)=O)cc2)CC1. The van der Waals surface area contributed by atoms with Crippen molar-refractivity contribution >= 4 is 21.8 Å². The molecule has 2 rings (SSSR count). The van der Waals surface area contributed by atoms with Gasteiger partial charge in [-0.05, 0) is 64.3 Å². The minimum absolute atomic E-state index is 0.0926. The van der Waals surface area contributed by atoms with Crippen LogP contribution in [0.2, 0.25) is 0 Å². The molecule has 25 heavy (non-hydrogen) atoms. The molecule has 1 saturated heterocycles. The Hall–Kier alpha value is -1.80. The summed E-state index contributed by atoms with van der Waals surface area (Å²) in [5.74, 6) is 0. The number of carbonyl (C=O) groups excluding carboxylic acids is 1. The van der Waals surface area contributed by atoms with Crippen molar-refractivity contribution in [1.29, 1.82) is 0 Å². The molecule has 1 aliphatic rings. The Kier molecular flexibility index (Phi) is 5.95. The number of amides is 1. The lowest BCUT2D eigenvalue weighted by atomic mass is 10.1. The molecule has 0 bridgehead atoms. The van der Waals surface area contributed by atoms with E-state index in [2.05, 4.69) is 5.32 Å². The van der Waals surface area contributed by atoms with E-state index in [1.54, 1.807) is 17.0 Å². The Bertz CT molecular complexity index is 696. The van der Waals surface area contributed by atoms with Crippen molar-refractivity contribution in [1.82, 2.24) is 4.90 Å². The topological polar surface area (TPSA) is 102 Å². The zero-order valence-corrected chi connectivity index (χ0v) is 15.8. The second-order valence-corrected chi connectivity index (χ2v) is 8.87. The zero-order chi connectivity index (χ0) is 18.7. The maximum Gasteiger partial charge on any atom is 0.410 e. The maximum absolute atomic E-state index is 12.2. The largest absolute Gasteiger partial charge is 0.444 e. The number of rotatable bonds is 3.